The average Bonchev–Trinajstić information content (AvgIpc) is 2.41. The zero-order chi connectivity index (χ0) is 13.1. The van der Waals surface area contributed by atoms with E-state index in [9.17, 15) is 4.79 Å². The van der Waals surface area contributed by atoms with Crippen LogP contribution in [0.25, 0.3) is 0 Å². The standard InChI is InChI=1S/C13H15BrClNO2/c1-2-10-8-16(5-6-18-10)13(17)9-3-4-12(15)11(14)7-9/h3-4,7,10H,2,5-6,8H2,1H3. The number of ether oxygens (including phenoxy) is 1. The zero-order valence-corrected chi connectivity index (χ0v) is 12.5. The summed E-state index contributed by atoms with van der Waals surface area (Å²) in [7, 11) is 0. The van der Waals surface area contributed by atoms with Gasteiger partial charge >= 0.3 is 0 Å². The molecule has 98 valence electrons. The molecule has 1 aliphatic heterocycles. The molecule has 1 amide bonds. The molecule has 1 saturated heterocycles. The fraction of sp³-hybridized carbons (Fsp3) is 0.462. The van der Waals surface area contributed by atoms with E-state index < -0.39 is 0 Å². The third-order valence-corrected chi connectivity index (χ3v) is 4.26. The minimum atomic E-state index is 0.0362. The number of nitrogens with zero attached hydrogens (tertiary/aromatic N) is 1. The van der Waals surface area contributed by atoms with Gasteiger partial charge in [0.1, 0.15) is 0 Å². The Hall–Kier alpha value is -0.580. The Morgan fingerprint density at radius 3 is 3.06 bits per heavy atom. The zero-order valence-electron chi connectivity index (χ0n) is 10.2. The first-order valence-corrected chi connectivity index (χ1v) is 7.15. The molecule has 1 unspecified atom stereocenters. The second-order valence-electron chi connectivity index (χ2n) is 4.28. The predicted octanol–water partition coefficient (Wildman–Crippen LogP) is 3.35. The number of rotatable bonds is 2. The Balaban J connectivity index is 2.12. The van der Waals surface area contributed by atoms with Crippen LogP contribution in [-0.2, 0) is 4.74 Å². The lowest BCUT2D eigenvalue weighted by Crippen LogP contribution is -2.45. The van der Waals surface area contributed by atoms with Crippen molar-refractivity contribution in [3.63, 3.8) is 0 Å². The highest BCUT2D eigenvalue weighted by Crippen LogP contribution is 2.24. The number of halogens is 2. The topological polar surface area (TPSA) is 29.5 Å². The fourth-order valence-electron chi connectivity index (χ4n) is 1.96. The molecular formula is C13H15BrClNO2. The van der Waals surface area contributed by atoms with Gasteiger partial charge in [0.05, 0.1) is 17.7 Å². The molecule has 1 atom stereocenters. The van der Waals surface area contributed by atoms with Gasteiger partial charge in [-0.1, -0.05) is 18.5 Å². The van der Waals surface area contributed by atoms with Gasteiger partial charge in [-0.15, -0.1) is 0 Å². The van der Waals surface area contributed by atoms with Gasteiger partial charge in [-0.2, -0.15) is 0 Å². The van der Waals surface area contributed by atoms with Crippen LogP contribution in [0.3, 0.4) is 0 Å². The van der Waals surface area contributed by atoms with E-state index in [4.69, 9.17) is 16.3 Å². The highest BCUT2D eigenvalue weighted by atomic mass is 79.9. The summed E-state index contributed by atoms with van der Waals surface area (Å²) in [6, 6.07) is 5.25. The molecule has 0 saturated carbocycles. The molecule has 1 aromatic carbocycles. The van der Waals surface area contributed by atoms with Gasteiger partial charge in [-0.25, -0.2) is 0 Å². The third kappa shape index (κ3) is 3.05. The lowest BCUT2D eigenvalue weighted by Gasteiger charge is -2.32. The van der Waals surface area contributed by atoms with E-state index in [1.54, 1.807) is 18.2 Å². The normalized spacial score (nSPS) is 19.9. The molecule has 2 rings (SSSR count). The van der Waals surface area contributed by atoms with E-state index in [1.165, 1.54) is 0 Å². The summed E-state index contributed by atoms with van der Waals surface area (Å²) in [6.45, 7) is 3.99. The number of hydrogen-bond donors (Lipinski definition) is 0. The van der Waals surface area contributed by atoms with Crippen molar-refractivity contribution in [3.8, 4) is 0 Å². The van der Waals surface area contributed by atoms with E-state index in [1.807, 2.05) is 4.90 Å². The van der Waals surface area contributed by atoms with E-state index in [-0.39, 0.29) is 12.0 Å². The number of carbonyl (C=O) groups is 1. The number of benzene rings is 1. The molecule has 18 heavy (non-hydrogen) atoms. The number of amides is 1. The van der Waals surface area contributed by atoms with E-state index in [0.717, 1.165) is 10.9 Å². The van der Waals surface area contributed by atoms with Crippen molar-refractivity contribution >= 4 is 33.4 Å². The van der Waals surface area contributed by atoms with E-state index in [0.29, 0.717) is 30.3 Å². The Kier molecular flexibility index (Phi) is 4.65. The van der Waals surface area contributed by atoms with Crippen LogP contribution >= 0.6 is 27.5 Å². The molecule has 1 heterocycles. The molecule has 0 aromatic heterocycles. The molecule has 0 spiro atoms. The molecule has 1 aromatic rings. The van der Waals surface area contributed by atoms with Gasteiger partial charge in [0.2, 0.25) is 0 Å². The van der Waals surface area contributed by atoms with Crippen molar-refractivity contribution in [2.45, 2.75) is 19.4 Å². The monoisotopic (exact) mass is 331 g/mol. The second kappa shape index (κ2) is 6.04. The van der Waals surface area contributed by atoms with Crippen LogP contribution in [0, 0.1) is 0 Å². The smallest absolute Gasteiger partial charge is 0.254 e. The average molecular weight is 333 g/mol. The summed E-state index contributed by atoms with van der Waals surface area (Å²) in [4.78, 5) is 14.2. The van der Waals surface area contributed by atoms with Crippen LogP contribution in [0.5, 0.6) is 0 Å². The predicted molar refractivity (Wildman–Crippen MR) is 75.1 cm³/mol. The van der Waals surface area contributed by atoms with Crippen molar-refractivity contribution in [1.82, 2.24) is 4.90 Å². The molecule has 0 radical (unpaired) electrons. The minimum absolute atomic E-state index is 0.0362. The Labute approximate surface area is 120 Å². The number of carbonyl (C=O) groups excluding carboxylic acids is 1. The van der Waals surface area contributed by atoms with Crippen molar-refractivity contribution in [2.75, 3.05) is 19.7 Å². The van der Waals surface area contributed by atoms with Crippen molar-refractivity contribution in [1.29, 1.82) is 0 Å². The van der Waals surface area contributed by atoms with Crippen LogP contribution in [0.1, 0.15) is 23.7 Å². The number of hydrogen-bond acceptors (Lipinski definition) is 2. The lowest BCUT2D eigenvalue weighted by atomic mass is 10.1. The molecular weight excluding hydrogens is 318 g/mol. The molecule has 1 aliphatic rings. The molecule has 0 aliphatic carbocycles. The molecule has 0 N–H and O–H groups in total. The second-order valence-corrected chi connectivity index (χ2v) is 5.54. The highest BCUT2D eigenvalue weighted by molar-refractivity contribution is 9.10. The van der Waals surface area contributed by atoms with Crippen molar-refractivity contribution in [3.05, 3.63) is 33.3 Å². The van der Waals surface area contributed by atoms with E-state index >= 15 is 0 Å². The third-order valence-electron chi connectivity index (χ3n) is 3.05. The summed E-state index contributed by atoms with van der Waals surface area (Å²) in [5, 5.41) is 0.611. The fourth-order valence-corrected chi connectivity index (χ4v) is 2.46. The summed E-state index contributed by atoms with van der Waals surface area (Å²) < 4.78 is 6.31. The maximum absolute atomic E-state index is 12.3. The first kappa shape index (κ1) is 13.8. The van der Waals surface area contributed by atoms with Crippen LogP contribution in [0.15, 0.2) is 22.7 Å². The SMILES string of the molecule is CCC1CN(C(=O)c2ccc(Cl)c(Br)c2)CCO1. The van der Waals surface area contributed by atoms with Crippen LogP contribution in [-0.4, -0.2) is 36.6 Å². The minimum Gasteiger partial charge on any atom is -0.375 e. The number of morpholine rings is 1. The maximum Gasteiger partial charge on any atom is 0.254 e. The first-order valence-electron chi connectivity index (χ1n) is 5.97. The first-order chi connectivity index (χ1) is 8.61. The molecule has 0 bridgehead atoms. The van der Waals surface area contributed by atoms with Crippen LogP contribution in [0.2, 0.25) is 5.02 Å². The van der Waals surface area contributed by atoms with Crippen LogP contribution < -0.4 is 0 Å². The summed E-state index contributed by atoms with van der Waals surface area (Å²) in [5.41, 5.74) is 0.656. The molecule has 1 fully saturated rings. The molecule has 3 nitrogen and oxygen atoms in total. The quantitative estimate of drug-likeness (QED) is 0.831. The summed E-state index contributed by atoms with van der Waals surface area (Å²) in [5.74, 6) is 0.0362. The van der Waals surface area contributed by atoms with Crippen molar-refractivity contribution in [2.24, 2.45) is 0 Å². The molecule has 5 heteroatoms. The van der Waals surface area contributed by atoms with Gasteiger partial charge in [0.15, 0.2) is 0 Å². The van der Waals surface area contributed by atoms with E-state index in [2.05, 4.69) is 22.9 Å². The highest BCUT2D eigenvalue weighted by Gasteiger charge is 2.24. The largest absolute Gasteiger partial charge is 0.375 e. The summed E-state index contributed by atoms with van der Waals surface area (Å²) in [6.07, 6.45) is 1.08. The lowest BCUT2D eigenvalue weighted by molar-refractivity contribution is -0.0226. The maximum atomic E-state index is 12.3. The Morgan fingerprint density at radius 2 is 2.39 bits per heavy atom. The van der Waals surface area contributed by atoms with Crippen LogP contribution in [0.4, 0.5) is 0 Å². The van der Waals surface area contributed by atoms with Crippen molar-refractivity contribution < 1.29 is 9.53 Å². The van der Waals surface area contributed by atoms with Gasteiger partial charge in [0, 0.05) is 23.1 Å². The van der Waals surface area contributed by atoms with Gasteiger partial charge < -0.3 is 9.64 Å². The van der Waals surface area contributed by atoms with Gasteiger partial charge in [-0.3, -0.25) is 4.79 Å². The Morgan fingerprint density at radius 1 is 1.61 bits per heavy atom. The Bertz CT molecular complexity index is 453. The van der Waals surface area contributed by atoms with Gasteiger partial charge in [0.25, 0.3) is 5.91 Å². The summed E-state index contributed by atoms with van der Waals surface area (Å²) >= 11 is 9.26. The van der Waals surface area contributed by atoms with Gasteiger partial charge in [-0.05, 0) is 40.5 Å².